The van der Waals surface area contributed by atoms with Crippen LogP contribution in [0.1, 0.15) is 12.5 Å². The van der Waals surface area contributed by atoms with Gasteiger partial charge in [0.15, 0.2) is 5.75 Å². The maximum atomic E-state index is 6.01. The molecule has 0 radical (unpaired) electrons. The molecule has 20 heavy (non-hydrogen) atoms. The normalized spacial score (nSPS) is 12.2. The van der Waals surface area contributed by atoms with Gasteiger partial charge in [0.1, 0.15) is 0 Å². The maximum Gasteiger partial charge on any atom is 0.321 e. The van der Waals surface area contributed by atoms with E-state index in [0.29, 0.717) is 27.2 Å². The monoisotopic (exact) mass is 331 g/mol. The molecule has 0 amide bonds. The van der Waals surface area contributed by atoms with E-state index in [0.717, 1.165) is 5.56 Å². The highest BCUT2D eigenvalue weighted by molar-refractivity contribution is 6.43. The number of aromatic nitrogens is 2. The highest BCUT2D eigenvalue weighted by atomic mass is 35.5. The van der Waals surface area contributed by atoms with E-state index in [2.05, 4.69) is 9.97 Å². The molecule has 1 aromatic carbocycles. The van der Waals surface area contributed by atoms with E-state index < -0.39 is 0 Å². The number of benzene rings is 1. The largest absolute Gasteiger partial charge is 0.423 e. The van der Waals surface area contributed by atoms with Crippen molar-refractivity contribution in [2.24, 2.45) is 5.73 Å². The van der Waals surface area contributed by atoms with E-state index in [9.17, 15) is 0 Å². The molecule has 1 atom stereocenters. The molecule has 2 rings (SSSR count). The van der Waals surface area contributed by atoms with Gasteiger partial charge in [-0.05, 0) is 25.0 Å². The lowest BCUT2D eigenvalue weighted by Gasteiger charge is -2.08. The standard InChI is InChI=1S/C13H12Cl3N3O/c1-7(17)2-8-5-18-13(19-6-8)20-12-4-10(15)9(14)3-11(12)16/h3-7H,2,17H2,1H3. The summed E-state index contributed by atoms with van der Waals surface area (Å²) in [6.07, 6.45) is 4.03. The summed E-state index contributed by atoms with van der Waals surface area (Å²) < 4.78 is 5.48. The summed E-state index contributed by atoms with van der Waals surface area (Å²) in [5.41, 5.74) is 6.64. The van der Waals surface area contributed by atoms with Gasteiger partial charge in [-0.3, -0.25) is 0 Å². The highest BCUT2D eigenvalue weighted by Crippen LogP contribution is 2.35. The third-order valence-electron chi connectivity index (χ3n) is 2.42. The van der Waals surface area contributed by atoms with E-state index in [-0.39, 0.29) is 12.1 Å². The molecule has 1 heterocycles. The Balaban J connectivity index is 2.16. The smallest absolute Gasteiger partial charge is 0.321 e. The average molecular weight is 333 g/mol. The van der Waals surface area contributed by atoms with Gasteiger partial charge in [0.25, 0.3) is 0 Å². The fourth-order valence-electron chi connectivity index (χ4n) is 1.55. The van der Waals surface area contributed by atoms with E-state index in [1.54, 1.807) is 12.4 Å². The van der Waals surface area contributed by atoms with Crippen molar-refractivity contribution < 1.29 is 4.74 Å². The molecule has 2 aromatic rings. The molecule has 4 nitrogen and oxygen atoms in total. The van der Waals surface area contributed by atoms with Crippen molar-refractivity contribution in [3.63, 3.8) is 0 Å². The van der Waals surface area contributed by atoms with Crippen LogP contribution in [0.2, 0.25) is 15.1 Å². The fraction of sp³-hybridized carbons (Fsp3) is 0.231. The predicted octanol–water partition coefficient (Wildman–Crippen LogP) is 4.12. The van der Waals surface area contributed by atoms with Gasteiger partial charge >= 0.3 is 6.01 Å². The second kappa shape index (κ2) is 6.59. The summed E-state index contributed by atoms with van der Waals surface area (Å²) >= 11 is 17.8. The quantitative estimate of drug-likeness (QED) is 0.856. The summed E-state index contributed by atoms with van der Waals surface area (Å²) in [5, 5.41) is 1.04. The third kappa shape index (κ3) is 3.96. The Labute approximate surface area is 131 Å². The summed E-state index contributed by atoms with van der Waals surface area (Å²) in [4.78, 5) is 8.19. The second-order valence-corrected chi connectivity index (χ2v) is 5.58. The summed E-state index contributed by atoms with van der Waals surface area (Å²) in [5.74, 6) is 0.348. The lowest BCUT2D eigenvalue weighted by Crippen LogP contribution is -2.17. The maximum absolute atomic E-state index is 6.01. The van der Waals surface area contributed by atoms with Gasteiger partial charge < -0.3 is 10.5 Å². The van der Waals surface area contributed by atoms with Crippen LogP contribution in [0, 0.1) is 0 Å². The molecule has 0 spiro atoms. The van der Waals surface area contributed by atoms with E-state index in [1.807, 2.05) is 6.92 Å². The molecule has 1 unspecified atom stereocenters. The van der Waals surface area contributed by atoms with Crippen molar-refractivity contribution in [2.45, 2.75) is 19.4 Å². The van der Waals surface area contributed by atoms with Gasteiger partial charge in [-0.15, -0.1) is 0 Å². The summed E-state index contributed by atoms with van der Waals surface area (Å²) in [6.45, 7) is 1.92. The number of nitrogens with zero attached hydrogens (tertiary/aromatic N) is 2. The molecule has 0 saturated heterocycles. The molecular formula is C13H12Cl3N3O. The first-order valence-corrected chi connectivity index (χ1v) is 6.98. The van der Waals surface area contributed by atoms with Gasteiger partial charge in [-0.1, -0.05) is 34.8 Å². The first-order valence-electron chi connectivity index (χ1n) is 5.84. The first kappa shape index (κ1) is 15.3. The van der Waals surface area contributed by atoms with Gasteiger partial charge in [0, 0.05) is 24.5 Å². The Morgan fingerprint density at radius 3 is 2.30 bits per heavy atom. The average Bonchev–Trinajstić information content (AvgIpc) is 2.37. The van der Waals surface area contributed by atoms with Gasteiger partial charge in [-0.2, -0.15) is 0 Å². The second-order valence-electron chi connectivity index (χ2n) is 4.35. The van der Waals surface area contributed by atoms with Crippen molar-refractivity contribution in [3.05, 3.63) is 45.2 Å². The number of ether oxygens (including phenoxy) is 1. The SMILES string of the molecule is CC(N)Cc1cnc(Oc2cc(Cl)c(Cl)cc2Cl)nc1. The van der Waals surface area contributed by atoms with Crippen LogP contribution >= 0.6 is 34.8 Å². The molecule has 0 aliphatic heterocycles. The number of halogens is 3. The van der Waals surface area contributed by atoms with Gasteiger partial charge in [-0.25, -0.2) is 9.97 Å². The zero-order chi connectivity index (χ0) is 14.7. The minimum atomic E-state index is 0.0508. The molecule has 0 saturated carbocycles. The zero-order valence-corrected chi connectivity index (χ0v) is 12.9. The summed E-state index contributed by atoms with van der Waals surface area (Å²) in [7, 11) is 0. The molecule has 7 heteroatoms. The molecule has 0 fully saturated rings. The molecule has 1 aromatic heterocycles. The van der Waals surface area contributed by atoms with Crippen LogP contribution in [-0.2, 0) is 6.42 Å². The third-order valence-corrected chi connectivity index (χ3v) is 3.43. The Hall–Kier alpha value is -1.07. The molecule has 0 bridgehead atoms. The van der Waals surface area contributed by atoms with Crippen LogP contribution in [0.3, 0.4) is 0 Å². The van der Waals surface area contributed by atoms with E-state index in [4.69, 9.17) is 45.3 Å². The van der Waals surface area contributed by atoms with Gasteiger partial charge in [0.2, 0.25) is 0 Å². The highest BCUT2D eigenvalue weighted by Gasteiger charge is 2.10. The Morgan fingerprint density at radius 2 is 1.70 bits per heavy atom. The summed E-state index contributed by atoms with van der Waals surface area (Å²) in [6, 6.07) is 3.25. The van der Waals surface area contributed by atoms with Crippen LogP contribution in [0.4, 0.5) is 0 Å². The lowest BCUT2D eigenvalue weighted by atomic mass is 10.1. The minimum absolute atomic E-state index is 0.0508. The first-order chi connectivity index (χ1) is 9.45. The van der Waals surface area contributed by atoms with E-state index in [1.165, 1.54) is 12.1 Å². The van der Waals surface area contributed by atoms with Crippen molar-refractivity contribution in [2.75, 3.05) is 0 Å². The van der Waals surface area contributed by atoms with Crippen LogP contribution in [0.5, 0.6) is 11.8 Å². The Kier molecular flexibility index (Phi) is 5.05. The molecule has 106 valence electrons. The van der Waals surface area contributed by atoms with Crippen LogP contribution in [0.25, 0.3) is 0 Å². The molecule has 0 aliphatic rings. The minimum Gasteiger partial charge on any atom is -0.423 e. The van der Waals surface area contributed by atoms with Crippen molar-refractivity contribution in [1.82, 2.24) is 9.97 Å². The Morgan fingerprint density at radius 1 is 1.10 bits per heavy atom. The fourth-order valence-corrected chi connectivity index (χ4v) is 2.13. The van der Waals surface area contributed by atoms with Crippen molar-refractivity contribution >= 4 is 34.8 Å². The van der Waals surface area contributed by atoms with Crippen LogP contribution in [0.15, 0.2) is 24.5 Å². The van der Waals surface area contributed by atoms with Crippen LogP contribution in [-0.4, -0.2) is 16.0 Å². The Bertz CT molecular complexity index is 603. The van der Waals surface area contributed by atoms with Crippen molar-refractivity contribution in [3.8, 4) is 11.8 Å². The lowest BCUT2D eigenvalue weighted by molar-refractivity contribution is 0.441. The van der Waals surface area contributed by atoms with Crippen LogP contribution < -0.4 is 10.5 Å². The number of nitrogens with two attached hydrogens (primary N) is 1. The van der Waals surface area contributed by atoms with E-state index >= 15 is 0 Å². The number of rotatable bonds is 4. The van der Waals surface area contributed by atoms with Gasteiger partial charge in [0.05, 0.1) is 15.1 Å². The molecule has 2 N–H and O–H groups in total. The predicted molar refractivity (Wildman–Crippen MR) is 80.9 cm³/mol. The zero-order valence-electron chi connectivity index (χ0n) is 10.6. The van der Waals surface area contributed by atoms with Crippen molar-refractivity contribution in [1.29, 1.82) is 0 Å². The topological polar surface area (TPSA) is 61.0 Å². The molecular weight excluding hydrogens is 321 g/mol. The molecule has 0 aliphatic carbocycles. The number of hydrogen-bond acceptors (Lipinski definition) is 4. The number of hydrogen-bond donors (Lipinski definition) is 1.